The van der Waals surface area contributed by atoms with Gasteiger partial charge < -0.3 is 15.4 Å². The minimum atomic E-state index is -3.27. The summed E-state index contributed by atoms with van der Waals surface area (Å²) in [5, 5.41) is 6.10. The van der Waals surface area contributed by atoms with Crippen molar-refractivity contribution in [3.05, 3.63) is 30.3 Å². The Kier molecular flexibility index (Phi) is 7.18. The second kappa shape index (κ2) is 8.63. The number of rotatable bonds is 7. The van der Waals surface area contributed by atoms with Crippen molar-refractivity contribution in [2.24, 2.45) is 4.99 Å². The number of nitrogens with one attached hydrogen (secondary N) is 2. The molecule has 0 spiro atoms. The Morgan fingerprint density at radius 2 is 2.00 bits per heavy atom. The molecular weight excluding hydrogens is 290 g/mol. The third-order valence-corrected chi connectivity index (χ3v) is 4.52. The van der Waals surface area contributed by atoms with E-state index in [0.29, 0.717) is 17.5 Å². The lowest BCUT2D eigenvalue weighted by Gasteiger charge is -2.17. The SMILES string of the molecule is CN=C(NCCS(=O)(=O)c1ccccc1)NC(C)COC. The van der Waals surface area contributed by atoms with E-state index in [1.807, 2.05) is 6.92 Å². The van der Waals surface area contributed by atoms with Gasteiger partial charge in [-0.05, 0) is 19.1 Å². The minimum Gasteiger partial charge on any atom is -0.383 e. The van der Waals surface area contributed by atoms with Crippen LogP contribution in [0.3, 0.4) is 0 Å². The monoisotopic (exact) mass is 313 g/mol. The molecule has 0 radical (unpaired) electrons. The Balaban J connectivity index is 2.48. The molecular formula is C14H23N3O3S. The Morgan fingerprint density at radius 3 is 2.57 bits per heavy atom. The molecule has 0 aliphatic heterocycles. The topological polar surface area (TPSA) is 79.8 Å². The molecule has 118 valence electrons. The van der Waals surface area contributed by atoms with Crippen molar-refractivity contribution in [3.8, 4) is 0 Å². The Bertz CT molecular complexity index is 544. The van der Waals surface area contributed by atoms with Crippen LogP contribution in [0.15, 0.2) is 40.2 Å². The Morgan fingerprint density at radius 1 is 1.33 bits per heavy atom. The lowest BCUT2D eigenvalue weighted by atomic mass is 10.4. The van der Waals surface area contributed by atoms with Gasteiger partial charge in [-0.1, -0.05) is 18.2 Å². The van der Waals surface area contributed by atoms with Gasteiger partial charge in [-0.3, -0.25) is 4.99 Å². The van der Waals surface area contributed by atoms with Crippen LogP contribution in [0.5, 0.6) is 0 Å². The summed E-state index contributed by atoms with van der Waals surface area (Å²) in [7, 11) is -0.00759. The fourth-order valence-electron chi connectivity index (χ4n) is 1.77. The number of hydrogen-bond acceptors (Lipinski definition) is 4. The van der Waals surface area contributed by atoms with E-state index in [4.69, 9.17) is 4.74 Å². The van der Waals surface area contributed by atoms with E-state index in [1.165, 1.54) is 0 Å². The average molecular weight is 313 g/mol. The average Bonchev–Trinajstić information content (AvgIpc) is 2.47. The summed E-state index contributed by atoms with van der Waals surface area (Å²) < 4.78 is 29.2. The van der Waals surface area contributed by atoms with Crippen molar-refractivity contribution < 1.29 is 13.2 Å². The lowest BCUT2D eigenvalue weighted by Crippen LogP contribution is -2.45. The molecule has 6 nitrogen and oxygen atoms in total. The third-order valence-electron chi connectivity index (χ3n) is 2.79. The highest BCUT2D eigenvalue weighted by Crippen LogP contribution is 2.09. The molecule has 0 aromatic heterocycles. The first-order valence-electron chi connectivity index (χ1n) is 6.73. The van der Waals surface area contributed by atoms with Crippen LogP contribution in [-0.4, -0.2) is 53.5 Å². The van der Waals surface area contributed by atoms with E-state index in [1.54, 1.807) is 44.5 Å². The number of aliphatic imine (C=N–C) groups is 1. The van der Waals surface area contributed by atoms with Crippen LogP contribution in [0.1, 0.15) is 6.92 Å². The number of guanidine groups is 1. The van der Waals surface area contributed by atoms with Crippen LogP contribution in [-0.2, 0) is 14.6 Å². The summed E-state index contributed by atoms with van der Waals surface area (Å²) in [5.41, 5.74) is 0. The molecule has 0 fully saturated rings. The predicted molar refractivity (Wildman–Crippen MR) is 84.3 cm³/mol. The van der Waals surface area contributed by atoms with Crippen molar-refractivity contribution in [3.63, 3.8) is 0 Å². The number of hydrogen-bond donors (Lipinski definition) is 2. The number of benzene rings is 1. The van der Waals surface area contributed by atoms with Gasteiger partial charge in [0.1, 0.15) is 0 Å². The molecule has 1 unspecified atom stereocenters. The largest absolute Gasteiger partial charge is 0.383 e. The predicted octanol–water partition coefficient (Wildman–Crippen LogP) is 0.660. The van der Waals surface area contributed by atoms with Gasteiger partial charge in [0.05, 0.1) is 17.3 Å². The van der Waals surface area contributed by atoms with Crippen molar-refractivity contribution in [1.29, 1.82) is 0 Å². The van der Waals surface area contributed by atoms with Crippen LogP contribution in [0.25, 0.3) is 0 Å². The minimum absolute atomic E-state index is 0.0103. The quantitative estimate of drug-likeness (QED) is 0.571. The fraction of sp³-hybridized carbons (Fsp3) is 0.500. The van der Waals surface area contributed by atoms with Crippen molar-refractivity contribution in [2.75, 3.05) is 33.1 Å². The lowest BCUT2D eigenvalue weighted by molar-refractivity contribution is 0.179. The normalized spacial score (nSPS) is 13.8. The standard InChI is InChI=1S/C14H23N3O3S/c1-12(11-20-3)17-14(15-2)16-9-10-21(18,19)13-7-5-4-6-8-13/h4-8,12H,9-11H2,1-3H3,(H2,15,16,17). The first-order chi connectivity index (χ1) is 9.99. The maximum Gasteiger partial charge on any atom is 0.191 e. The van der Waals surface area contributed by atoms with Gasteiger partial charge in [-0.2, -0.15) is 0 Å². The first-order valence-corrected chi connectivity index (χ1v) is 8.38. The van der Waals surface area contributed by atoms with E-state index >= 15 is 0 Å². The third kappa shape index (κ3) is 6.14. The van der Waals surface area contributed by atoms with Gasteiger partial charge >= 0.3 is 0 Å². The zero-order chi connectivity index (χ0) is 15.7. The highest BCUT2D eigenvalue weighted by atomic mass is 32.2. The second-order valence-electron chi connectivity index (χ2n) is 4.63. The molecule has 21 heavy (non-hydrogen) atoms. The van der Waals surface area contributed by atoms with Crippen molar-refractivity contribution in [2.45, 2.75) is 17.9 Å². The van der Waals surface area contributed by atoms with E-state index in [-0.39, 0.29) is 18.3 Å². The summed E-state index contributed by atoms with van der Waals surface area (Å²) >= 11 is 0. The first kappa shape index (κ1) is 17.5. The molecule has 2 N–H and O–H groups in total. The van der Waals surface area contributed by atoms with E-state index in [2.05, 4.69) is 15.6 Å². The van der Waals surface area contributed by atoms with Crippen LogP contribution < -0.4 is 10.6 Å². The summed E-state index contributed by atoms with van der Waals surface area (Å²) in [4.78, 5) is 4.38. The molecule has 0 bridgehead atoms. The summed E-state index contributed by atoms with van der Waals surface area (Å²) in [6, 6.07) is 8.51. The van der Waals surface area contributed by atoms with Gasteiger partial charge in [0.15, 0.2) is 15.8 Å². The summed E-state index contributed by atoms with van der Waals surface area (Å²) in [6.07, 6.45) is 0. The van der Waals surface area contributed by atoms with Crippen molar-refractivity contribution >= 4 is 15.8 Å². The molecule has 0 heterocycles. The highest BCUT2D eigenvalue weighted by Gasteiger charge is 2.13. The van der Waals surface area contributed by atoms with Gasteiger partial charge in [0, 0.05) is 26.7 Å². The number of methoxy groups -OCH3 is 1. The molecule has 0 saturated carbocycles. The zero-order valence-electron chi connectivity index (χ0n) is 12.7. The second-order valence-corrected chi connectivity index (χ2v) is 6.74. The smallest absolute Gasteiger partial charge is 0.191 e. The van der Waals surface area contributed by atoms with Crippen LogP contribution >= 0.6 is 0 Å². The van der Waals surface area contributed by atoms with E-state index in [0.717, 1.165) is 0 Å². The van der Waals surface area contributed by atoms with E-state index in [9.17, 15) is 8.42 Å². The highest BCUT2D eigenvalue weighted by molar-refractivity contribution is 7.91. The molecule has 1 atom stereocenters. The zero-order valence-corrected chi connectivity index (χ0v) is 13.5. The molecule has 0 aliphatic rings. The van der Waals surface area contributed by atoms with Gasteiger partial charge in [0.2, 0.25) is 0 Å². The number of sulfone groups is 1. The fourth-order valence-corrected chi connectivity index (χ4v) is 2.95. The summed E-state index contributed by atoms with van der Waals surface area (Å²) in [5.74, 6) is 0.568. The summed E-state index contributed by atoms with van der Waals surface area (Å²) in [6.45, 7) is 2.79. The molecule has 7 heteroatoms. The molecule has 0 saturated heterocycles. The number of ether oxygens (including phenoxy) is 1. The van der Waals surface area contributed by atoms with Crippen molar-refractivity contribution in [1.82, 2.24) is 10.6 Å². The number of nitrogens with zero attached hydrogens (tertiary/aromatic N) is 1. The van der Waals surface area contributed by atoms with Gasteiger partial charge in [-0.15, -0.1) is 0 Å². The van der Waals surface area contributed by atoms with E-state index < -0.39 is 9.84 Å². The maximum atomic E-state index is 12.1. The molecule has 0 amide bonds. The van der Waals surface area contributed by atoms with Crippen LogP contribution in [0.4, 0.5) is 0 Å². The molecule has 1 aromatic rings. The molecule has 0 aliphatic carbocycles. The Labute approximate surface area is 126 Å². The molecule has 1 aromatic carbocycles. The maximum absolute atomic E-state index is 12.1. The molecule has 1 rings (SSSR count). The van der Waals surface area contributed by atoms with Gasteiger partial charge in [0.25, 0.3) is 0 Å². The van der Waals surface area contributed by atoms with Gasteiger partial charge in [-0.25, -0.2) is 8.42 Å². The Hall–Kier alpha value is -1.60. The van der Waals surface area contributed by atoms with Crippen LogP contribution in [0.2, 0.25) is 0 Å². The van der Waals surface area contributed by atoms with Crippen LogP contribution in [0, 0.1) is 0 Å².